The Kier molecular flexibility index (Phi) is 3.97. The van der Waals surface area contributed by atoms with E-state index in [0.717, 1.165) is 0 Å². The Bertz CT molecular complexity index is 626. The summed E-state index contributed by atoms with van der Waals surface area (Å²) in [6.45, 7) is 0. The van der Waals surface area contributed by atoms with Gasteiger partial charge in [-0.1, -0.05) is 17.7 Å². The fraction of sp³-hybridized carbons (Fsp3) is 0. The summed E-state index contributed by atoms with van der Waals surface area (Å²) in [6, 6.07) is 9.52. The van der Waals surface area contributed by atoms with Crippen LogP contribution >= 0.6 is 27.5 Å². The van der Waals surface area contributed by atoms with Crippen molar-refractivity contribution in [2.24, 2.45) is 0 Å². The van der Waals surface area contributed by atoms with Crippen LogP contribution in [0.1, 0.15) is 10.4 Å². The zero-order valence-electron chi connectivity index (χ0n) is 9.65. The third kappa shape index (κ3) is 3.19. The molecule has 1 amide bonds. The van der Waals surface area contributed by atoms with Crippen LogP contribution in [-0.2, 0) is 0 Å². The summed E-state index contributed by atoms with van der Waals surface area (Å²) in [4.78, 5) is 12.0. The monoisotopic (exact) mass is 340 g/mol. The predicted octanol–water partition coefficient (Wildman–Crippen LogP) is 3.64. The highest BCUT2D eigenvalue weighted by molar-refractivity contribution is 9.10. The average molecular weight is 342 g/mol. The average Bonchev–Trinajstić information content (AvgIpc) is 2.33. The lowest BCUT2D eigenvalue weighted by atomic mass is 10.2. The predicted molar refractivity (Wildman–Crippen MR) is 79.6 cm³/mol. The number of para-hydroxylation sites is 1. The molecule has 0 bridgehead atoms. The molecule has 19 heavy (non-hydrogen) atoms. The van der Waals surface area contributed by atoms with E-state index in [1.165, 1.54) is 12.1 Å². The van der Waals surface area contributed by atoms with Crippen molar-refractivity contribution in [2.45, 2.75) is 0 Å². The quantitative estimate of drug-likeness (QED) is 0.576. The molecule has 0 aliphatic rings. The van der Waals surface area contributed by atoms with Crippen LogP contribution < -0.4 is 11.1 Å². The van der Waals surface area contributed by atoms with E-state index < -0.39 is 5.91 Å². The number of nitrogen functional groups attached to an aromatic ring is 1. The highest BCUT2D eigenvalue weighted by Crippen LogP contribution is 2.32. The van der Waals surface area contributed by atoms with Gasteiger partial charge in [-0.3, -0.25) is 4.79 Å². The van der Waals surface area contributed by atoms with Crippen molar-refractivity contribution in [3.05, 3.63) is 51.5 Å². The van der Waals surface area contributed by atoms with E-state index in [1.54, 1.807) is 24.3 Å². The first-order chi connectivity index (χ1) is 8.97. The third-order valence-corrected chi connectivity index (χ3v) is 3.28. The van der Waals surface area contributed by atoms with Gasteiger partial charge in [0.15, 0.2) is 5.75 Å². The van der Waals surface area contributed by atoms with Gasteiger partial charge in [-0.25, -0.2) is 0 Å². The van der Waals surface area contributed by atoms with Gasteiger partial charge in [-0.05, 0) is 46.3 Å². The minimum atomic E-state index is -0.400. The van der Waals surface area contributed by atoms with Crippen molar-refractivity contribution >= 4 is 44.8 Å². The fourth-order valence-electron chi connectivity index (χ4n) is 1.55. The molecule has 98 valence electrons. The van der Waals surface area contributed by atoms with Gasteiger partial charge in [0.05, 0.1) is 10.2 Å². The smallest absolute Gasteiger partial charge is 0.255 e. The van der Waals surface area contributed by atoms with Crippen LogP contribution in [0.4, 0.5) is 11.4 Å². The summed E-state index contributed by atoms with van der Waals surface area (Å²) in [5, 5.41) is 12.8. The first-order valence-corrected chi connectivity index (χ1v) is 6.49. The Morgan fingerprint density at radius 1 is 1.32 bits per heavy atom. The molecular weight excluding hydrogens is 332 g/mol. The number of hydrogen-bond acceptors (Lipinski definition) is 3. The lowest BCUT2D eigenvalue weighted by molar-refractivity contribution is 0.102. The second-order valence-corrected chi connectivity index (χ2v) is 5.15. The van der Waals surface area contributed by atoms with E-state index >= 15 is 0 Å². The largest absolute Gasteiger partial charge is 0.505 e. The molecular formula is C13H10BrClN2O2. The van der Waals surface area contributed by atoms with Crippen molar-refractivity contribution in [2.75, 3.05) is 11.1 Å². The summed E-state index contributed by atoms with van der Waals surface area (Å²) in [5.41, 5.74) is 6.65. The lowest BCUT2D eigenvalue weighted by Gasteiger charge is -2.09. The number of carbonyl (C=O) groups excluding carboxylic acids is 1. The van der Waals surface area contributed by atoms with E-state index in [4.69, 9.17) is 17.3 Å². The van der Waals surface area contributed by atoms with Gasteiger partial charge in [0.25, 0.3) is 5.91 Å². The second-order valence-electron chi connectivity index (χ2n) is 3.86. The number of amides is 1. The van der Waals surface area contributed by atoms with Crippen LogP contribution in [0.15, 0.2) is 40.9 Å². The number of benzene rings is 2. The minimum absolute atomic E-state index is 0.0362. The van der Waals surface area contributed by atoms with Crippen molar-refractivity contribution in [1.29, 1.82) is 0 Å². The molecule has 4 N–H and O–H groups in total. The number of phenols is 1. The zero-order valence-corrected chi connectivity index (χ0v) is 12.0. The first-order valence-electron chi connectivity index (χ1n) is 5.32. The first kappa shape index (κ1) is 13.7. The highest BCUT2D eigenvalue weighted by Gasteiger charge is 2.11. The van der Waals surface area contributed by atoms with Gasteiger partial charge in [-0.15, -0.1) is 0 Å². The molecule has 0 aromatic heterocycles. The number of hydrogen-bond donors (Lipinski definition) is 3. The molecule has 2 rings (SSSR count). The second kappa shape index (κ2) is 5.50. The summed E-state index contributed by atoms with van der Waals surface area (Å²) in [7, 11) is 0. The molecule has 0 aliphatic heterocycles. The van der Waals surface area contributed by atoms with Crippen molar-refractivity contribution in [3.63, 3.8) is 0 Å². The van der Waals surface area contributed by atoms with Gasteiger partial charge in [0.1, 0.15) is 0 Å². The molecule has 0 unspecified atom stereocenters. The maximum atomic E-state index is 12.0. The molecule has 4 nitrogen and oxygen atoms in total. The Labute approximate surface area is 123 Å². The number of nitrogens with one attached hydrogen (secondary N) is 1. The van der Waals surface area contributed by atoms with Gasteiger partial charge in [0, 0.05) is 16.3 Å². The molecule has 2 aromatic carbocycles. The number of carbonyl (C=O) groups is 1. The van der Waals surface area contributed by atoms with Crippen LogP contribution in [0.3, 0.4) is 0 Å². The van der Waals surface area contributed by atoms with E-state index in [1.807, 2.05) is 0 Å². The standard InChI is InChI=1S/C13H10BrClN2O2/c14-10-2-1-3-11(12(10)18)17-13(19)7-4-8(15)6-9(16)5-7/h1-6,18H,16H2,(H,17,19). The molecule has 0 aliphatic carbocycles. The maximum absolute atomic E-state index is 12.0. The number of phenolic OH excluding ortho intramolecular Hbond substituents is 1. The molecule has 0 saturated heterocycles. The van der Waals surface area contributed by atoms with Crippen LogP contribution in [0, 0.1) is 0 Å². The number of nitrogens with two attached hydrogens (primary N) is 1. The zero-order chi connectivity index (χ0) is 14.0. The third-order valence-electron chi connectivity index (χ3n) is 2.42. The summed E-state index contributed by atoms with van der Waals surface area (Å²) in [5.74, 6) is -0.437. The summed E-state index contributed by atoms with van der Waals surface area (Å²) < 4.78 is 0.496. The van der Waals surface area contributed by atoms with Gasteiger partial charge in [0.2, 0.25) is 0 Å². The van der Waals surface area contributed by atoms with E-state index in [0.29, 0.717) is 26.4 Å². The molecule has 0 heterocycles. The lowest BCUT2D eigenvalue weighted by Crippen LogP contribution is -2.12. The van der Waals surface area contributed by atoms with Crippen LogP contribution in [0.2, 0.25) is 5.02 Å². The molecule has 2 aromatic rings. The van der Waals surface area contributed by atoms with E-state index in [-0.39, 0.29) is 5.75 Å². The number of halogens is 2. The SMILES string of the molecule is Nc1cc(Cl)cc(C(=O)Nc2cccc(Br)c2O)c1. The van der Waals surface area contributed by atoms with Crippen LogP contribution in [-0.4, -0.2) is 11.0 Å². The number of aromatic hydroxyl groups is 1. The van der Waals surface area contributed by atoms with Gasteiger partial charge >= 0.3 is 0 Å². The Morgan fingerprint density at radius 3 is 2.74 bits per heavy atom. The van der Waals surface area contributed by atoms with Crippen LogP contribution in [0.25, 0.3) is 0 Å². The van der Waals surface area contributed by atoms with Crippen LogP contribution in [0.5, 0.6) is 5.75 Å². The molecule has 0 atom stereocenters. The topological polar surface area (TPSA) is 75.4 Å². The number of anilines is 2. The Hall–Kier alpha value is -1.72. The fourth-order valence-corrected chi connectivity index (χ4v) is 2.16. The Balaban J connectivity index is 2.28. The molecule has 0 radical (unpaired) electrons. The molecule has 0 fully saturated rings. The molecule has 0 spiro atoms. The Morgan fingerprint density at radius 2 is 2.05 bits per heavy atom. The number of rotatable bonds is 2. The van der Waals surface area contributed by atoms with Gasteiger partial charge < -0.3 is 16.2 Å². The van der Waals surface area contributed by atoms with Crippen molar-refractivity contribution < 1.29 is 9.90 Å². The minimum Gasteiger partial charge on any atom is -0.505 e. The van der Waals surface area contributed by atoms with Gasteiger partial charge in [-0.2, -0.15) is 0 Å². The maximum Gasteiger partial charge on any atom is 0.255 e. The summed E-state index contributed by atoms with van der Waals surface area (Å²) in [6.07, 6.45) is 0. The van der Waals surface area contributed by atoms with Crippen molar-refractivity contribution in [1.82, 2.24) is 0 Å². The highest BCUT2D eigenvalue weighted by atomic mass is 79.9. The van der Waals surface area contributed by atoms with E-state index in [9.17, 15) is 9.90 Å². The van der Waals surface area contributed by atoms with Crippen molar-refractivity contribution in [3.8, 4) is 5.75 Å². The molecule has 0 saturated carbocycles. The van der Waals surface area contributed by atoms with E-state index in [2.05, 4.69) is 21.2 Å². The molecule has 6 heteroatoms. The summed E-state index contributed by atoms with van der Waals surface area (Å²) >= 11 is 9.01. The normalized spacial score (nSPS) is 10.2.